The second-order valence-electron chi connectivity index (χ2n) is 6.89. The molecule has 1 saturated heterocycles. The van der Waals surface area contributed by atoms with Crippen LogP contribution in [-0.4, -0.2) is 40.7 Å². The Hall–Kier alpha value is -2.69. The molecule has 1 aliphatic rings. The molecule has 1 heterocycles. The Bertz CT molecular complexity index is 794. The molecule has 2 aromatic rings. The van der Waals surface area contributed by atoms with Gasteiger partial charge in [0.2, 0.25) is 11.8 Å². The lowest BCUT2D eigenvalue weighted by molar-refractivity contribution is -0.143. The van der Waals surface area contributed by atoms with E-state index in [1.807, 2.05) is 43.3 Å². The highest BCUT2D eigenvalue weighted by Gasteiger charge is 2.36. The normalized spacial score (nSPS) is 16.4. The molecule has 2 aromatic carbocycles. The van der Waals surface area contributed by atoms with Gasteiger partial charge in [-0.05, 0) is 43.0 Å². The number of halogens is 1. The largest absolute Gasteiger partial charge is 0.337 e. The smallest absolute Gasteiger partial charge is 0.245 e. The number of carbonyl (C=O) groups excluding carboxylic acids is 2. The van der Waals surface area contributed by atoms with Gasteiger partial charge in [-0.3, -0.25) is 9.59 Å². The number of hydrogen-bond donors (Lipinski definition) is 0. The number of likely N-dealkylation sites (N-methyl/N-ethyl adjacent to an activating group) is 1. The number of hydrogen-bond acceptors (Lipinski definition) is 2. The first kappa shape index (κ1) is 19.1. The van der Waals surface area contributed by atoms with E-state index in [2.05, 4.69) is 0 Å². The first-order chi connectivity index (χ1) is 13.1. The van der Waals surface area contributed by atoms with E-state index in [0.29, 0.717) is 32.5 Å². The molecule has 1 aliphatic heterocycles. The lowest BCUT2D eigenvalue weighted by Gasteiger charge is -2.30. The van der Waals surface area contributed by atoms with Crippen LogP contribution in [0.2, 0.25) is 0 Å². The predicted octanol–water partition coefficient (Wildman–Crippen LogP) is 3.41. The summed E-state index contributed by atoms with van der Waals surface area (Å²) in [6.45, 7) is 3.39. The molecular formula is C22H25FN2O2. The lowest BCUT2D eigenvalue weighted by atomic mass is 10.1. The van der Waals surface area contributed by atoms with Gasteiger partial charge in [0.15, 0.2) is 0 Å². The van der Waals surface area contributed by atoms with E-state index < -0.39 is 6.04 Å². The van der Waals surface area contributed by atoms with Crippen LogP contribution in [0, 0.1) is 5.82 Å². The van der Waals surface area contributed by atoms with E-state index in [1.54, 1.807) is 15.9 Å². The first-order valence-corrected chi connectivity index (χ1v) is 9.45. The number of carbonyl (C=O) groups is 2. The van der Waals surface area contributed by atoms with Crippen molar-refractivity contribution in [3.8, 4) is 0 Å². The fourth-order valence-electron chi connectivity index (χ4n) is 3.61. The van der Waals surface area contributed by atoms with Crippen LogP contribution in [-0.2, 0) is 22.6 Å². The molecule has 27 heavy (non-hydrogen) atoms. The van der Waals surface area contributed by atoms with E-state index in [-0.39, 0.29) is 17.6 Å². The molecule has 0 aliphatic carbocycles. The number of nitrogens with zero attached hydrogens (tertiary/aromatic N) is 2. The van der Waals surface area contributed by atoms with Gasteiger partial charge in [-0.2, -0.15) is 0 Å². The molecule has 3 rings (SSSR count). The molecule has 0 bridgehead atoms. The minimum Gasteiger partial charge on any atom is -0.337 e. The number of amides is 2. The summed E-state index contributed by atoms with van der Waals surface area (Å²) < 4.78 is 13.4. The average molecular weight is 368 g/mol. The fraction of sp³-hybridized carbons (Fsp3) is 0.364. The quantitative estimate of drug-likeness (QED) is 0.784. The van der Waals surface area contributed by atoms with E-state index >= 15 is 0 Å². The van der Waals surface area contributed by atoms with Gasteiger partial charge >= 0.3 is 0 Å². The highest BCUT2D eigenvalue weighted by atomic mass is 19.1. The van der Waals surface area contributed by atoms with E-state index in [0.717, 1.165) is 17.5 Å². The second-order valence-corrected chi connectivity index (χ2v) is 6.89. The van der Waals surface area contributed by atoms with Crippen LogP contribution in [0.25, 0.3) is 0 Å². The standard InChI is InChI=1S/C22H25FN2O2/c1-2-24(16-18-10-6-11-19(23)14-18)22(27)20-12-7-13-25(20)21(26)15-17-8-4-3-5-9-17/h3-6,8-11,14,20H,2,7,12-13,15-16H2,1H3. The number of likely N-dealkylation sites (tertiary alicyclic amines) is 1. The van der Waals surface area contributed by atoms with Crippen molar-refractivity contribution in [2.45, 2.75) is 38.8 Å². The van der Waals surface area contributed by atoms with Crippen molar-refractivity contribution in [1.29, 1.82) is 0 Å². The Morgan fingerprint density at radius 3 is 2.56 bits per heavy atom. The maximum absolute atomic E-state index is 13.4. The molecule has 4 nitrogen and oxygen atoms in total. The molecule has 0 saturated carbocycles. The molecule has 0 N–H and O–H groups in total. The van der Waals surface area contributed by atoms with Crippen LogP contribution in [0.4, 0.5) is 4.39 Å². The van der Waals surface area contributed by atoms with Gasteiger partial charge in [-0.1, -0.05) is 42.5 Å². The third-order valence-corrected chi connectivity index (χ3v) is 5.01. The van der Waals surface area contributed by atoms with Crippen molar-refractivity contribution in [3.05, 3.63) is 71.5 Å². The SMILES string of the molecule is CCN(Cc1cccc(F)c1)C(=O)C1CCCN1C(=O)Cc1ccccc1. The van der Waals surface area contributed by atoms with Crippen molar-refractivity contribution >= 4 is 11.8 Å². The monoisotopic (exact) mass is 368 g/mol. The van der Waals surface area contributed by atoms with Gasteiger partial charge in [-0.15, -0.1) is 0 Å². The van der Waals surface area contributed by atoms with Crippen LogP contribution in [0.5, 0.6) is 0 Å². The Kier molecular flexibility index (Phi) is 6.22. The summed E-state index contributed by atoms with van der Waals surface area (Å²) in [5.41, 5.74) is 1.71. The summed E-state index contributed by atoms with van der Waals surface area (Å²) in [4.78, 5) is 29.2. The third kappa shape index (κ3) is 4.73. The van der Waals surface area contributed by atoms with Gasteiger partial charge in [0.1, 0.15) is 11.9 Å². The molecule has 0 radical (unpaired) electrons. The van der Waals surface area contributed by atoms with Crippen LogP contribution < -0.4 is 0 Å². The highest BCUT2D eigenvalue weighted by Crippen LogP contribution is 2.22. The number of rotatable bonds is 6. The van der Waals surface area contributed by atoms with Gasteiger partial charge in [-0.25, -0.2) is 4.39 Å². The third-order valence-electron chi connectivity index (χ3n) is 5.01. The zero-order valence-corrected chi connectivity index (χ0v) is 15.6. The van der Waals surface area contributed by atoms with Gasteiger partial charge in [0.25, 0.3) is 0 Å². The van der Waals surface area contributed by atoms with E-state index in [4.69, 9.17) is 0 Å². The average Bonchev–Trinajstić information content (AvgIpc) is 3.16. The molecule has 5 heteroatoms. The van der Waals surface area contributed by atoms with Crippen molar-refractivity contribution in [1.82, 2.24) is 9.80 Å². The maximum atomic E-state index is 13.4. The Morgan fingerprint density at radius 2 is 1.85 bits per heavy atom. The molecule has 1 fully saturated rings. The topological polar surface area (TPSA) is 40.6 Å². The van der Waals surface area contributed by atoms with Crippen molar-refractivity contribution < 1.29 is 14.0 Å². The molecule has 2 amide bonds. The fourth-order valence-corrected chi connectivity index (χ4v) is 3.61. The van der Waals surface area contributed by atoms with Crippen LogP contribution in [0.3, 0.4) is 0 Å². The summed E-state index contributed by atoms with van der Waals surface area (Å²) in [7, 11) is 0. The van der Waals surface area contributed by atoms with Crippen molar-refractivity contribution in [2.75, 3.05) is 13.1 Å². The molecule has 1 atom stereocenters. The summed E-state index contributed by atoms with van der Waals surface area (Å²) >= 11 is 0. The molecule has 0 spiro atoms. The molecular weight excluding hydrogens is 343 g/mol. The summed E-state index contributed by atoms with van der Waals surface area (Å²) in [5.74, 6) is -0.379. The lowest BCUT2D eigenvalue weighted by Crippen LogP contribution is -2.48. The Balaban J connectivity index is 1.68. The van der Waals surface area contributed by atoms with Gasteiger partial charge in [0, 0.05) is 19.6 Å². The zero-order chi connectivity index (χ0) is 19.2. The summed E-state index contributed by atoms with van der Waals surface area (Å²) in [6.07, 6.45) is 1.81. The zero-order valence-electron chi connectivity index (χ0n) is 15.6. The summed E-state index contributed by atoms with van der Waals surface area (Å²) in [5, 5.41) is 0. The highest BCUT2D eigenvalue weighted by molar-refractivity contribution is 5.89. The minimum absolute atomic E-state index is 0.0149. The van der Waals surface area contributed by atoms with E-state index in [9.17, 15) is 14.0 Å². The Labute approximate surface area is 159 Å². The van der Waals surface area contributed by atoms with Crippen molar-refractivity contribution in [2.24, 2.45) is 0 Å². The molecule has 0 aromatic heterocycles. The maximum Gasteiger partial charge on any atom is 0.245 e. The first-order valence-electron chi connectivity index (χ1n) is 9.45. The van der Waals surface area contributed by atoms with Crippen LogP contribution in [0.1, 0.15) is 30.9 Å². The van der Waals surface area contributed by atoms with Crippen molar-refractivity contribution in [3.63, 3.8) is 0 Å². The van der Waals surface area contributed by atoms with Gasteiger partial charge in [0.05, 0.1) is 6.42 Å². The van der Waals surface area contributed by atoms with Crippen LogP contribution in [0.15, 0.2) is 54.6 Å². The molecule has 142 valence electrons. The predicted molar refractivity (Wildman–Crippen MR) is 102 cm³/mol. The second kappa shape index (κ2) is 8.80. The minimum atomic E-state index is -0.422. The van der Waals surface area contributed by atoms with Gasteiger partial charge < -0.3 is 9.80 Å². The Morgan fingerprint density at radius 1 is 1.11 bits per heavy atom. The molecule has 1 unspecified atom stereocenters. The number of benzene rings is 2. The van der Waals surface area contributed by atoms with E-state index in [1.165, 1.54) is 12.1 Å². The van der Waals surface area contributed by atoms with Crippen LogP contribution >= 0.6 is 0 Å². The summed E-state index contributed by atoms with van der Waals surface area (Å²) in [6, 6.07) is 15.5.